The lowest BCUT2D eigenvalue weighted by Gasteiger charge is -1.97. The topological polar surface area (TPSA) is 49.3 Å². The van der Waals surface area contributed by atoms with E-state index in [4.69, 9.17) is 5.11 Å². The lowest BCUT2D eigenvalue weighted by atomic mass is 10.6. The normalized spacial score (nSPS) is 12.1. The van der Waals surface area contributed by atoms with E-state index in [2.05, 4.69) is 11.9 Å². The van der Waals surface area contributed by atoms with Gasteiger partial charge in [0.25, 0.3) is 0 Å². The van der Waals surface area contributed by atoms with Gasteiger partial charge < -0.3 is 10.4 Å². The van der Waals surface area contributed by atoms with Crippen molar-refractivity contribution in [3.05, 3.63) is 12.7 Å². The highest BCUT2D eigenvalue weighted by molar-refractivity contribution is 5.46. The third-order valence-corrected chi connectivity index (χ3v) is 0.462. The first-order valence-corrected chi connectivity index (χ1v) is 1.81. The molecule has 40 valence electrons. The average Bonchev–Trinajstić information content (AvgIpc) is 1.68. The molecule has 0 saturated heterocycles. The molecule has 3 nitrogen and oxygen atoms in total. The average molecular weight is 101 g/mol. The maximum absolute atomic E-state index is 9.46. The van der Waals surface area contributed by atoms with Crippen molar-refractivity contribution in [3.8, 4) is 0 Å². The SMILES string of the molecule is C=CC(O)NC=O. The summed E-state index contributed by atoms with van der Waals surface area (Å²) in [7, 11) is 0. The summed E-state index contributed by atoms with van der Waals surface area (Å²) in [6.45, 7) is 3.21. The quantitative estimate of drug-likeness (QED) is 0.279. The van der Waals surface area contributed by atoms with Gasteiger partial charge in [0.1, 0.15) is 6.23 Å². The molecule has 0 aliphatic rings. The molecule has 0 rings (SSSR count). The maximum atomic E-state index is 9.46. The highest BCUT2D eigenvalue weighted by atomic mass is 16.3. The minimum Gasteiger partial charge on any atom is -0.370 e. The Morgan fingerprint density at radius 2 is 2.43 bits per heavy atom. The monoisotopic (exact) mass is 101 g/mol. The largest absolute Gasteiger partial charge is 0.370 e. The predicted molar refractivity (Wildman–Crippen MR) is 25.4 cm³/mol. The molecular weight excluding hydrogens is 94.0 g/mol. The van der Waals surface area contributed by atoms with Gasteiger partial charge in [-0.25, -0.2) is 0 Å². The molecule has 0 aliphatic heterocycles. The molecule has 0 aromatic heterocycles. The Labute approximate surface area is 41.7 Å². The van der Waals surface area contributed by atoms with Crippen LogP contribution in [0.3, 0.4) is 0 Å². The van der Waals surface area contributed by atoms with Gasteiger partial charge in [-0.15, -0.1) is 0 Å². The molecule has 0 spiro atoms. The van der Waals surface area contributed by atoms with Crippen LogP contribution in [0.2, 0.25) is 0 Å². The van der Waals surface area contributed by atoms with Gasteiger partial charge in [-0.3, -0.25) is 4.79 Å². The van der Waals surface area contributed by atoms with Crippen LogP contribution in [0, 0.1) is 0 Å². The van der Waals surface area contributed by atoms with Crippen LogP contribution in [0.4, 0.5) is 0 Å². The second kappa shape index (κ2) is 3.36. The molecule has 3 heteroatoms. The van der Waals surface area contributed by atoms with Crippen LogP contribution in [0.25, 0.3) is 0 Å². The van der Waals surface area contributed by atoms with Gasteiger partial charge in [-0.05, 0) is 6.08 Å². The van der Waals surface area contributed by atoms with Crippen molar-refractivity contribution < 1.29 is 9.90 Å². The summed E-state index contributed by atoms with van der Waals surface area (Å²) in [6.07, 6.45) is 0.721. The van der Waals surface area contributed by atoms with E-state index in [-0.39, 0.29) is 0 Å². The van der Waals surface area contributed by atoms with E-state index in [0.29, 0.717) is 6.41 Å². The van der Waals surface area contributed by atoms with Gasteiger partial charge in [-0.2, -0.15) is 0 Å². The van der Waals surface area contributed by atoms with Crippen LogP contribution in [-0.2, 0) is 4.79 Å². The molecule has 0 aromatic carbocycles. The Bertz CT molecular complexity index is 72.1. The molecule has 2 N–H and O–H groups in total. The van der Waals surface area contributed by atoms with Gasteiger partial charge in [0.15, 0.2) is 0 Å². The Kier molecular flexibility index (Phi) is 2.96. The second-order valence-corrected chi connectivity index (χ2v) is 0.965. The fraction of sp³-hybridized carbons (Fsp3) is 0.250. The number of carbonyl (C=O) groups is 1. The lowest BCUT2D eigenvalue weighted by Crippen LogP contribution is -2.24. The van der Waals surface area contributed by atoms with E-state index in [0.717, 1.165) is 0 Å². The van der Waals surface area contributed by atoms with Crippen LogP contribution < -0.4 is 5.32 Å². The van der Waals surface area contributed by atoms with E-state index in [1.165, 1.54) is 6.08 Å². The number of aliphatic hydroxyl groups excluding tert-OH is 1. The van der Waals surface area contributed by atoms with Crippen molar-refractivity contribution in [2.45, 2.75) is 6.23 Å². The lowest BCUT2D eigenvalue weighted by molar-refractivity contribution is -0.111. The summed E-state index contributed by atoms with van der Waals surface area (Å²) < 4.78 is 0. The van der Waals surface area contributed by atoms with Gasteiger partial charge in [0.05, 0.1) is 0 Å². The zero-order valence-electron chi connectivity index (χ0n) is 3.79. The first-order valence-electron chi connectivity index (χ1n) is 1.81. The predicted octanol–water partition coefficient (Wildman–Crippen LogP) is -0.763. The summed E-state index contributed by atoms with van der Waals surface area (Å²) >= 11 is 0. The summed E-state index contributed by atoms with van der Waals surface area (Å²) in [5, 5.41) is 10.4. The molecule has 0 saturated carbocycles. The minimum absolute atomic E-state index is 0.409. The van der Waals surface area contributed by atoms with Crippen LogP contribution in [0.5, 0.6) is 0 Å². The fourth-order valence-corrected chi connectivity index (χ4v) is 0.138. The fourth-order valence-electron chi connectivity index (χ4n) is 0.138. The van der Waals surface area contributed by atoms with Crippen LogP contribution in [0.1, 0.15) is 0 Å². The zero-order valence-corrected chi connectivity index (χ0v) is 3.79. The van der Waals surface area contributed by atoms with Crippen LogP contribution in [-0.4, -0.2) is 17.7 Å². The molecular formula is C4H7NO2. The smallest absolute Gasteiger partial charge is 0.209 e. The number of hydrogen-bond donors (Lipinski definition) is 2. The summed E-state index contributed by atoms with van der Waals surface area (Å²) in [5.41, 5.74) is 0. The molecule has 0 heterocycles. The van der Waals surface area contributed by atoms with E-state index >= 15 is 0 Å². The number of hydrogen-bond acceptors (Lipinski definition) is 2. The summed E-state index contributed by atoms with van der Waals surface area (Å²) in [5.74, 6) is 0. The van der Waals surface area contributed by atoms with Crippen LogP contribution in [0.15, 0.2) is 12.7 Å². The highest BCUT2D eigenvalue weighted by Gasteiger charge is 1.87. The molecule has 7 heavy (non-hydrogen) atoms. The Morgan fingerprint density at radius 3 is 2.57 bits per heavy atom. The molecule has 1 atom stereocenters. The van der Waals surface area contributed by atoms with Crippen LogP contribution >= 0.6 is 0 Å². The van der Waals surface area contributed by atoms with E-state index in [1.54, 1.807) is 0 Å². The van der Waals surface area contributed by atoms with E-state index < -0.39 is 6.23 Å². The van der Waals surface area contributed by atoms with E-state index in [1.807, 2.05) is 0 Å². The standard InChI is InChI=1S/C4H7NO2/c1-2-4(7)5-3-6/h2-4,7H,1H2,(H,5,6). The van der Waals surface area contributed by atoms with Crippen molar-refractivity contribution in [3.63, 3.8) is 0 Å². The highest BCUT2D eigenvalue weighted by Crippen LogP contribution is 1.69. The van der Waals surface area contributed by atoms with Crippen molar-refractivity contribution in [1.29, 1.82) is 0 Å². The third-order valence-electron chi connectivity index (χ3n) is 0.462. The molecule has 0 aliphatic carbocycles. The van der Waals surface area contributed by atoms with E-state index in [9.17, 15) is 4.79 Å². The molecule has 0 radical (unpaired) electrons. The summed E-state index contributed by atoms with van der Waals surface area (Å²) in [6, 6.07) is 0. The van der Waals surface area contributed by atoms with Gasteiger partial charge in [0.2, 0.25) is 6.41 Å². The second-order valence-electron chi connectivity index (χ2n) is 0.965. The Morgan fingerprint density at radius 1 is 1.86 bits per heavy atom. The van der Waals surface area contributed by atoms with Crippen molar-refractivity contribution in [2.24, 2.45) is 0 Å². The molecule has 1 unspecified atom stereocenters. The molecule has 1 amide bonds. The summed E-state index contributed by atoms with van der Waals surface area (Å²) in [4.78, 5) is 9.46. The first-order chi connectivity index (χ1) is 3.31. The Hall–Kier alpha value is -0.830. The number of aliphatic hydroxyl groups is 1. The van der Waals surface area contributed by atoms with Gasteiger partial charge in [-0.1, -0.05) is 6.58 Å². The number of nitrogens with one attached hydrogen (secondary N) is 1. The Balaban J connectivity index is 3.15. The van der Waals surface area contributed by atoms with Gasteiger partial charge in [0, 0.05) is 0 Å². The number of amides is 1. The van der Waals surface area contributed by atoms with Crippen molar-refractivity contribution in [2.75, 3.05) is 0 Å². The van der Waals surface area contributed by atoms with Crippen molar-refractivity contribution >= 4 is 6.41 Å². The zero-order chi connectivity index (χ0) is 5.70. The van der Waals surface area contributed by atoms with Gasteiger partial charge >= 0.3 is 0 Å². The molecule has 0 fully saturated rings. The first kappa shape index (κ1) is 6.17. The number of rotatable bonds is 3. The minimum atomic E-state index is -0.905. The molecule has 0 aromatic rings. The van der Waals surface area contributed by atoms with Crippen molar-refractivity contribution in [1.82, 2.24) is 5.32 Å². The third kappa shape index (κ3) is 2.99. The molecule has 0 bridgehead atoms. The number of carbonyl (C=O) groups excluding carboxylic acids is 1. The maximum Gasteiger partial charge on any atom is 0.209 e.